The quantitative estimate of drug-likeness (QED) is 0.212. The first kappa shape index (κ1) is 23.0. The van der Waals surface area contributed by atoms with E-state index in [1.165, 1.54) is 11.3 Å². The van der Waals surface area contributed by atoms with Crippen LogP contribution in [0.2, 0.25) is 0 Å². The van der Waals surface area contributed by atoms with Crippen LogP contribution in [0.5, 0.6) is 0 Å². The molecule has 2 aliphatic heterocycles. The number of hydrazine groups is 3. The van der Waals surface area contributed by atoms with Crippen LogP contribution in [0, 0.1) is 5.41 Å². The summed E-state index contributed by atoms with van der Waals surface area (Å²) in [7, 11) is 4.19. The lowest BCUT2D eigenvalue weighted by Gasteiger charge is -2.29. The fourth-order valence-corrected chi connectivity index (χ4v) is 3.98. The lowest BCUT2D eigenvalue weighted by atomic mass is 10.2. The van der Waals surface area contributed by atoms with Gasteiger partial charge in [0, 0.05) is 44.0 Å². The number of nitrogens with two attached hydrogens (primary N) is 1. The topological polar surface area (TPSA) is 134 Å². The number of benzene rings is 1. The molecule has 1 atom stereocenters. The summed E-state index contributed by atoms with van der Waals surface area (Å²) in [5, 5.41) is 9.31. The van der Waals surface area contributed by atoms with E-state index in [-0.39, 0.29) is 5.96 Å². The van der Waals surface area contributed by atoms with Gasteiger partial charge in [0.1, 0.15) is 12.1 Å². The molecule has 1 unspecified atom stereocenters. The number of hydrogen-bond acceptors (Lipinski definition) is 10. The smallest absolute Gasteiger partial charge is 0.210 e. The zero-order valence-corrected chi connectivity index (χ0v) is 19.2. The molecule has 178 valence electrons. The van der Waals surface area contributed by atoms with E-state index >= 15 is 0 Å². The van der Waals surface area contributed by atoms with E-state index in [1.54, 1.807) is 0 Å². The predicted molar refractivity (Wildman–Crippen MR) is 130 cm³/mol. The molecule has 1 aromatic heterocycles. The largest absolute Gasteiger partial charge is 0.378 e. The number of morpholine rings is 1. The number of nitrogens with one attached hydrogen (secondary N) is 4. The Balaban J connectivity index is 1.34. The summed E-state index contributed by atoms with van der Waals surface area (Å²) < 4.78 is 5.41. The number of nitrogens with zero attached hydrogens (tertiary/aromatic N) is 6. The number of likely N-dealkylation sites (N-methyl/N-ethyl adjacent to an activating group) is 1. The molecule has 0 aliphatic carbocycles. The maximum Gasteiger partial charge on any atom is 0.210 e. The molecule has 2 aliphatic rings. The number of hydrogen-bond donors (Lipinski definition) is 5. The lowest BCUT2D eigenvalue weighted by molar-refractivity contribution is 0.122. The van der Waals surface area contributed by atoms with E-state index in [0.717, 1.165) is 63.0 Å². The Morgan fingerprint density at radius 2 is 1.88 bits per heavy atom. The highest BCUT2D eigenvalue weighted by Crippen LogP contribution is 2.22. The molecule has 6 N–H and O–H groups in total. The molecule has 0 amide bonds. The normalized spacial score (nSPS) is 18.6. The number of anilines is 4. The number of ether oxygens (including phenoxy) is 1. The van der Waals surface area contributed by atoms with Gasteiger partial charge in [0.2, 0.25) is 5.96 Å². The molecule has 12 nitrogen and oxygen atoms in total. The number of rotatable bonds is 8. The van der Waals surface area contributed by atoms with E-state index in [9.17, 15) is 0 Å². The van der Waals surface area contributed by atoms with Crippen molar-refractivity contribution in [3.05, 3.63) is 36.7 Å². The molecule has 1 aromatic carbocycles. The Hall–Kier alpha value is -3.19. The van der Waals surface area contributed by atoms with Crippen LogP contribution >= 0.6 is 0 Å². The third-order valence-corrected chi connectivity index (χ3v) is 5.94. The summed E-state index contributed by atoms with van der Waals surface area (Å²) in [6.07, 6.45) is 2.57. The fourth-order valence-electron chi connectivity index (χ4n) is 3.98. The molecule has 2 saturated heterocycles. The highest BCUT2D eigenvalue weighted by atomic mass is 16.5. The van der Waals surface area contributed by atoms with Crippen molar-refractivity contribution < 1.29 is 4.74 Å². The Bertz CT molecular complexity index is 917. The van der Waals surface area contributed by atoms with Gasteiger partial charge in [0.05, 0.1) is 18.9 Å². The third kappa shape index (κ3) is 5.79. The molecule has 0 spiro atoms. The minimum Gasteiger partial charge on any atom is -0.378 e. The van der Waals surface area contributed by atoms with E-state index in [2.05, 4.69) is 67.4 Å². The van der Waals surface area contributed by atoms with Crippen molar-refractivity contribution in [3.8, 4) is 0 Å². The first-order valence-corrected chi connectivity index (χ1v) is 11.1. The van der Waals surface area contributed by atoms with Crippen molar-refractivity contribution in [2.24, 2.45) is 5.73 Å². The Morgan fingerprint density at radius 1 is 1.12 bits per heavy atom. The van der Waals surface area contributed by atoms with Gasteiger partial charge < -0.3 is 30.6 Å². The van der Waals surface area contributed by atoms with Crippen molar-refractivity contribution in [2.75, 3.05) is 73.7 Å². The number of aromatic nitrogens is 2. The SMILES string of the molecule is CN(C)C1CCN(c2cc(N(NNNc3ccc(N4CCOCC4)cc3)C(=N)N)ncn2)C1. The second-order valence-corrected chi connectivity index (χ2v) is 8.32. The Labute approximate surface area is 194 Å². The summed E-state index contributed by atoms with van der Waals surface area (Å²) in [6, 6.07) is 10.4. The molecule has 2 aromatic rings. The van der Waals surface area contributed by atoms with Crippen LogP contribution in [0.1, 0.15) is 6.42 Å². The summed E-state index contributed by atoms with van der Waals surface area (Å²) in [5.41, 5.74) is 16.6. The second-order valence-electron chi connectivity index (χ2n) is 8.32. The van der Waals surface area contributed by atoms with Gasteiger partial charge in [0.25, 0.3) is 0 Å². The second kappa shape index (κ2) is 10.6. The zero-order valence-electron chi connectivity index (χ0n) is 19.2. The van der Waals surface area contributed by atoms with Gasteiger partial charge in [-0.25, -0.2) is 15.0 Å². The van der Waals surface area contributed by atoms with Crippen LogP contribution in [-0.4, -0.2) is 80.4 Å². The average Bonchev–Trinajstić information content (AvgIpc) is 3.34. The summed E-state index contributed by atoms with van der Waals surface area (Å²) in [6.45, 7) is 5.13. The van der Waals surface area contributed by atoms with Gasteiger partial charge in [-0.15, -0.1) is 5.53 Å². The zero-order chi connectivity index (χ0) is 23.2. The van der Waals surface area contributed by atoms with Crippen LogP contribution in [0.15, 0.2) is 36.7 Å². The molecule has 3 heterocycles. The Kier molecular flexibility index (Phi) is 7.40. The highest BCUT2D eigenvalue weighted by Gasteiger charge is 2.25. The van der Waals surface area contributed by atoms with Crippen molar-refractivity contribution in [1.82, 2.24) is 25.9 Å². The highest BCUT2D eigenvalue weighted by molar-refractivity contribution is 5.90. The van der Waals surface area contributed by atoms with E-state index in [1.807, 2.05) is 18.2 Å². The van der Waals surface area contributed by atoms with Gasteiger partial charge in [-0.1, -0.05) is 0 Å². The standard InChI is InChI=1S/C21H33N11O/c1-29(2)18-7-8-31(14-18)19-13-20(25-15-24-19)32(21(22)23)28-27-26-16-3-5-17(6-4-16)30-9-11-33-12-10-30/h3-6,13,15,18,26-28H,7-12,14H2,1-2H3,(H3,22,23). The monoisotopic (exact) mass is 455 g/mol. The minimum atomic E-state index is -0.204. The van der Waals surface area contributed by atoms with Gasteiger partial charge in [-0.2, -0.15) is 5.53 Å². The molecular formula is C21H33N11O. The van der Waals surface area contributed by atoms with Crippen molar-refractivity contribution in [3.63, 3.8) is 0 Å². The molecule has 0 bridgehead atoms. The summed E-state index contributed by atoms with van der Waals surface area (Å²) >= 11 is 0. The molecule has 0 radical (unpaired) electrons. The van der Waals surface area contributed by atoms with E-state index < -0.39 is 0 Å². The maximum absolute atomic E-state index is 7.96. The molecule has 12 heteroatoms. The van der Waals surface area contributed by atoms with E-state index in [4.69, 9.17) is 15.9 Å². The van der Waals surface area contributed by atoms with Crippen molar-refractivity contribution in [2.45, 2.75) is 12.5 Å². The maximum atomic E-state index is 7.96. The molecule has 2 fully saturated rings. The summed E-state index contributed by atoms with van der Waals surface area (Å²) in [5.74, 6) is 1.08. The van der Waals surface area contributed by atoms with Crippen LogP contribution < -0.4 is 37.0 Å². The van der Waals surface area contributed by atoms with Crippen LogP contribution in [0.4, 0.5) is 23.0 Å². The van der Waals surface area contributed by atoms with Crippen LogP contribution in [0.3, 0.4) is 0 Å². The number of guanidine groups is 1. The van der Waals surface area contributed by atoms with Gasteiger partial charge in [0.15, 0.2) is 5.82 Å². The first-order chi connectivity index (χ1) is 16.0. The molecule has 4 rings (SSSR count). The lowest BCUT2D eigenvalue weighted by Crippen LogP contribution is -2.55. The molecule has 33 heavy (non-hydrogen) atoms. The van der Waals surface area contributed by atoms with Gasteiger partial charge in [-0.05, 0) is 44.8 Å². The van der Waals surface area contributed by atoms with Crippen molar-refractivity contribution in [1.29, 1.82) is 5.41 Å². The first-order valence-electron chi connectivity index (χ1n) is 11.1. The van der Waals surface area contributed by atoms with E-state index in [0.29, 0.717) is 11.9 Å². The van der Waals surface area contributed by atoms with Crippen molar-refractivity contribution >= 4 is 29.0 Å². The van der Waals surface area contributed by atoms with Crippen LogP contribution in [-0.2, 0) is 4.74 Å². The van der Waals surface area contributed by atoms with Gasteiger partial charge >= 0.3 is 0 Å². The molecular weight excluding hydrogens is 422 g/mol. The predicted octanol–water partition coefficient (Wildman–Crippen LogP) is 0.190. The summed E-state index contributed by atoms with van der Waals surface area (Å²) in [4.78, 5) is 15.4. The van der Waals surface area contributed by atoms with Crippen LogP contribution in [0.25, 0.3) is 0 Å². The fraction of sp³-hybridized carbons (Fsp3) is 0.476. The third-order valence-electron chi connectivity index (χ3n) is 5.94. The van der Waals surface area contributed by atoms with Gasteiger partial charge in [-0.3, -0.25) is 5.41 Å². The average molecular weight is 456 g/mol. The Morgan fingerprint density at radius 3 is 2.55 bits per heavy atom. The molecule has 0 saturated carbocycles. The minimum absolute atomic E-state index is 0.204.